The molecule has 0 aromatic carbocycles. The average molecular weight is 402 g/mol. The Bertz CT molecular complexity index is 679. The molecule has 1 amide bonds. The average Bonchev–Trinajstić information content (AvgIpc) is 2.90. The maximum Gasteiger partial charge on any atom is 0.405 e. The standard InChI is InChI=1S/C12H15IN6O2/c1-12(16-11(20)21)2-4-18(5-3-12)10-14-6-8(13)9-17-15-7-19(9)10/h6-7,16H,2-5H2,1H3,(H,20,21). The van der Waals surface area contributed by atoms with Crippen LogP contribution in [-0.4, -0.2) is 49.4 Å². The van der Waals surface area contributed by atoms with Gasteiger partial charge >= 0.3 is 6.09 Å². The largest absolute Gasteiger partial charge is 0.465 e. The van der Waals surface area contributed by atoms with Crippen molar-refractivity contribution in [2.45, 2.75) is 25.3 Å². The van der Waals surface area contributed by atoms with E-state index in [4.69, 9.17) is 5.11 Å². The van der Waals surface area contributed by atoms with E-state index >= 15 is 0 Å². The lowest BCUT2D eigenvalue weighted by molar-refractivity contribution is 0.173. The highest BCUT2D eigenvalue weighted by Crippen LogP contribution is 2.26. The molecule has 2 aromatic rings. The first-order chi connectivity index (χ1) is 9.98. The lowest BCUT2D eigenvalue weighted by Crippen LogP contribution is -2.53. The highest BCUT2D eigenvalue weighted by atomic mass is 127. The van der Waals surface area contributed by atoms with Crippen molar-refractivity contribution in [3.8, 4) is 0 Å². The Labute approximate surface area is 134 Å². The molecule has 0 radical (unpaired) electrons. The van der Waals surface area contributed by atoms with Crippen molar-refractivity contribution in [3.05, 3.63) is 16.1 Å². The summed E-state index contributed by atoms with van der Waals surface area (Å²) in [6, 6.07) is 0. The molecule has 8 nitrogen and oxygen atoms in total. The number of hydrogen-bond donors (Lipinski definition) is 2. The first-order valence-corrected chi connectivity index (χ1v) is 7.67. The lowest BCUT2D eigenvalue weighted by Gasteiger charge is -2.39. The SMILES string of the molecule is CC1(NC(=O)O)CCN(c2ncc(I)c3nncn23)CC1. The van der Waals surface area contributed by atoms with Gasteiger partial charge in [0, 0.05) is 24.8 Å². The Morgan fingerprint density at radius 1 is 1.48 bits per heavy atom. The van der Waals surface area contributed by atoms with Gasteiger partial charge in [-0.15, -0.1) is 10.2 Å². The monoisotopic (exact) mass is 402 g/mol. The summed E-state index contributed by atoms with van der Waals surface area (Å²) in [6.07, 6.45) is 3.93. The lowest BCUT2D eigenvalue weighted by atomic mass is 9.90. The molecule has 2 N–H and O–H groups in total. The minimum absolute atomic E-state index is 0.377. The predicted molar refractivity (Wildman–Crippen MR) is 84.5 cm³/mol. The Kier molecular flexibility index (Phi) is 3.59. The molecule has 0 saturated carbocycles. The van der Waals surface area contributed by atoms with Crippen LogP contribution in [0.2, 0.25) is 0 Å². The maximum atomic E-state index is 10.8. The van der Waals surface area contributed by atoms with Gasteiger partial charge in [0.05, 0.1) is 3.57 Å². The zero-order valence-electron chi connectivity index (χ0n) is 11.5. The van der Waals surface area contributed by atoms with Crippen molar-refractivity contribution < 1.29 is 9.90 Å². The van der Waals surface area contributed by atoms with Crippen LogP contribution in [0.3, 0.4) is 0 Å². The third-order valence-electron chi connectivity index (χ3n) is 3.83. The van der Waals surface area contributed by atoms with Crippen LogP contribution in [0.15, 0.2) is 12.5 Å². The van der Waals surface area contributed by atoms with E-state index in [-0.39, 0.29) is 5.54 Å². The molecular formula is C12H15IN6O2. The molecule has 0 atom stereocenters. The number of aromatic nitrogens is 4. The molecule has 1 fully saturated rings. The highest BCUT2D eigenvalue weighted by molar-refractivity contribution is 14.1. The van der Waals surface area contributed by atoms with Gasteiger partial charge in [-0.3, -0.25) is 4.40 Å². The van der Waals surface area contributed by atoms with Crippen molar-refractivity contribution in [2.24, 2.45) is 0 Å². The topological polar surface area (TPSA) is 95.7 Å². The number of hydrogen-bond acceptors (Lipinski definition) is 5. The summed E-state index contributed by atoms with van der Waals surface area (Å²) >= 11 is 2.18. The quantitative estimate of drug-likeness (QED) is 0.737. The third kappa shape index (κ3) is 2.74. The van der Waals surface area contributed by atoms with E-state index in [1.165, 1.54) is 0 Å². The number of nitrogens with zero attached hydrogens (tertiary/aromatic N) is 5. The van der Waals surface area contributed by atoms with Crippen LogP contribution in [0.5, 0.6) is 0 Å². The zero-order chi connectivity index (χ0) is 15.0. The summed E-state index contributed by atoms with van der Waals surface area (Å²) in [5, 5.41) is 19.5. The summed E-state index contributed by atoms with van der Waals surface area (Å²) in [4.78, 5) is 17.5. The van der Waals surface area contributed by atoms with Gasteiger partial charge in [0.15, 0.2) is 5.65 Å². The van der Waals surface area contributed by atoms with Crippen LogP contribution in [0, 0.1) is 3.57 Å². The third-order valence-corrected chi connectivity index (χ3v) is 4.59. The number of nitrogens with one attached hydrogen (secondary N) is 1. The normalized spacial score (nSPS) is 17.9. The summed E-state index contributed by atoms with van der Waals surface area (Å²) < 4.78 is 2.82. The number of halogens is 1. The minimum Gasteiger partial charge on any atom is -0.465 e. The molecule has 1 saturated heterocycles. The van der Waals surface area contributed by atoms with Gasteiger partial charge in [-0.05, 0) is 42.4 Å². The maximum absolute atomic E-state index is 10.8. The van der Waals surface area contributed by atoms with Crippen LogP contribution in [0.25, 0.3) is 5.65 Å². The number of amides is 1. The summed E-state index contributed by atoms with van der Waals surface area (Å²) in [5.74, 6) is 0.799. The van der Waals surface area contributed by atoms with E-state index < -0.39 is 6.09 Å². The minimum atomic E-state index is -0.973. The van der Waals surface area contributed by atoms with Gasteiger partial charge in [0.2, 0.25) is 5.95 Å². The molecule has 2 aromatic heterocycles. The zero-order valence-corrected chi connectivity index (χ0v) is 13.6. The molecular weight excluding hydrogens is 387 g/mol. The molecule has 112 valence electrons. The fourth-order valence-corrected chi connectivity index (χ4v) is 3.10. The van der Waals surface area contributed by atoms with Gasteiger partial charge in [-0.25, -0.2) is 9.78 Å². The number of anilines is 1. The van der Waals surface area contributed by atoms with Crippen molar-refractivity contribution in [3.63, 3.8) is 0 Å². The molecule has 1 aliphatic rings. The Hall–Kier alpha value is -1.65. The second kappa shape index (κ2) is 5.28. The second-order valence-electron chi connectivity index (χ2n) is 5.41. The smallest absolute Gasteiger partial charge is 0.405 e. The summed E-state index contributed by atoms with van der Waals surface area (Å²) in [6.45, 7) is 3.41. The van der Waals surface area contributed by atoms with Crippen LogP contribution in [-0.2, 0) is 0 Å². The number of piperidine rings is 1. The van der Waals surface area contributed by atoms with Gasteiger partial charge in [-0.1, -0.05) is 0 Å². The van der Waals surface area contributed by atoms with Gasteiger partial charge in [0.25, 0.3) is 0 Å². The number of rotatable bonds is 2. The van der Waals surface area contributed by atoms with E-state index in [1.54, 1.807) is 12.5 Å². The molecule has 1 aliphatic heterocycles. The Morgan fingerprint density at radius 2 is 2.19 bits per heavy atom. The van der Waals surface area contributed by atoms with Crippen molar-refractivity contribution in [2.75, 3.05) is 18.0 Å². The molecule has 0 spiro atoms. The van der Waals surface area contributed by atoms with Gasteiger partial charge in [0.1, 0.15) is 6.33 Å². The van der Waals surface area contributed by atoms with E-state index in [1.807, 2.05) is 11.3 Å². The predicted octanol–water partition coefficient (Wildman–Crippen LogP) is 1.36. The molecule has 0 bridgehead atoms. The highest BCUT2D eigenvalue weighted by Gasteiger charge is 2.32. The first kappa shape index (κ1) is 14.3. The first-order valence-electron chi connectivity index (χ1n) is 6.59. The van der Waals surface area contributed by atoms with E-state index in [2.05, 4.69) is 48.0 Å². The van der Waals surface area contributed by atoms with Gasteiger partial charge in [-0.2, -0.15) is 0 Å². The van der Waals surface area contributed by atoms with Crippen molar-refractivity contribution >= 4 is 40.3 Å². The van der Waals surface area contributed by atoms with Crippen LogP contribution in [0.4, 0.5) is 10.7 Å². The summed E-state index contributed by atoms with van der Waals surface area (Å²) in [5.41, 5.74) is 0.412. The number of carboxylic acid groups (broad SMARTS) is 1. The molecule has 21 heavy (non-hydrogen) atoms. The second-order valence-corrected chi connectivity index (χ2v) is 6.57. The van der Waals surface area contributed by atoms with Crippen LogP contribution < -0.4 is 10.2 Å². The molecule has 0 aliphatic carbocycles. The van der Waals surface area contributed by atoms with Crippen LogP contribution in [0.1, 0.15) is 19.8 Å². The number of fused-ring (bicyclic) bond motifs is 1. The molecule has 3 heterocycles. The fourth-order valence-electron chi connectivity index (χ4n) is 2.60. The fraction of sp³-hybridized carbons (Fsp3) is 0.500. The van der Waals surface area contributed by atoms with E-state index in [0.717, 1.165) is 41.1 Å². The van der Waals surface area contributed by atoms with E-state index in [9.17, 15) is 4.79 Å². The Balaban J connectivity index is 1.82. The van der Waals surface area contributed by atoms with Gasteiger partial charge < -0.3 is 15.3 Å². The molecule has 3 rings (SSSR count). The van der Waals surface area contributed by atoms with Crippen molar-refractivity contribution in [1.82, 2.24) is 24.9 Å². The summed E-state index contributed by atoms with van der Waals surface area (Å²) in [7, 11) is 0. The Morgan fingerprint density at radius 3 is 2.86 bits per heavy atom. The molecule has 0 unspecified atom stereocenters. The number of carbonyl (C=O) groups is 1. The molecule has 9 heteroatoms. The van der Waals surface area contributed by atoms with Crippen molar-refractivity contribution in [1.29, 1.82) is 0 Å². The van der Waals surface area contributed by atoms with E-state index in [0.29, 0.717) is 0 Å². The van der Waals surface area contributed by atoms with Crippen LogP contribution >= 0.6 is 22.6 Å².